The van der Waals surface area contributed by atoms with Gasteiger partial charge in [-0.2, -0.15) is 0 Å². The van der Waals surface area contributed by atoms with Crippen molar-refractivity contribution in [3.05, 3.63) is 42.7 Å². The Kier molecular flexibility index (Phi) is 7.59. The molecule has 0 amide bonds. The molecule has 0 aliphatic rings. The molecule has 0 radical (unpaired) electrons. The molecular formula is C10H15N3. The number of nitrogens with zero attached hydrogens (tertiary/aromatic N) is 3. The van der Waals surface area contributed by atoms with Gasteiger partial charge in [-0.05, 0) is 13.0 Å². The molecule has 13 heavy (non-hydrogen) atoms. The lowest BCUT2D eigenvalue weighted by atomic mass is 10.5. The van der Waals surface area contributed by atoms with Crippen LogP contribution in [0.25, 0.3) is 0 Å². The van der Waals surface area contributed by atoms with Gasteiger partial charge >= 0.3 is 0 Å². The first-order chi connectivity index (χ1) is 6.39. The molecule has 0 spiro atoms. The highest BCUT2D eigenvalue weighted by Gasteiger charge is 1.72. The SMILES string of the molecule is CC.Cc1cncccnccn1. The fourth-order valence-corrected chi connectivity index (χ4v) is 0.561. The van der Waals surface area contributed by atoms with Gasteiger partial charge in [0.05, 0.1) is 5.69 Å². The largest absolute Gasteiger partial charge is 0.263 e. The summed E-state index contributed by atoms with van der Waals surface area (Å²) in [6.07, 6.45) is 8.29. The summed E-state index contributed by atoms with van der Waals surface area (Å²) < 4.78 is 0. The molecule has 1 aromatic heterocycles. The summed E-state index contributed by atoms with van der Waals surface area (Å²) in [6, 6.07) is 1.76. The normalized spacial score (nSPS) is 7.62. The van der Waals surface area contributed by atoms with Gasteiger partial charge in [0.15, 0.2) is 0 Å². The van der Waals surface area contributed by atoms with Gasteiger partial charge < -0.3 is 0 Å². The molecule has 0 N–H and O–H groups in total. The van der Waals surface area contributed by atoms with E-state index in [1.54, 1.807) is 37.1 Å². The molecule has 1 heterocycles. The summed E-state index contributed by atoms with van der Waals surface area (Å²) in [5.41, 5.74) is 0.864. The molecule has 0 saturated heterocycles. The van der Waals surface area contributed by atoms with E-state index in [0.29, 0.717) is 0 Å². The Labute approximate surface area is 79.2 Å². The minimum Gasteiger partial charge on any atom is -0.263 e. The molecule has 1 aromatic rings. The van der Waals surface area contributed by atoms with Crippen LogP contribution in [0.3, 0.4) is 0 Å². The number of aromatic nitrogens is 3. The summed E-state index contributed by atoms with van der Waals surface area (Å²) in [5, 5.41) is 0. The fraction of sp³-hybridized carbons (Fsp3) is 0.300. The third-order valence-corrected chi connectivity index (χ3v) is 1.04. The van der Waals surface area contributed by atoms with Crippen LogP contribution in [0.5, 0.6) is 0 Å². The molecule has 0 atom stereocenters. The lowest BCUT2D eigenvalue weighted by Gasteiger charge is -1.79. The predicted molar refractivity (Wildman–Crippen MR) is 53.5 cm³/mol. The molecule has 0 saturated carbocycles. The fourth-order valence-electron chi connectivity index (χ4n) is 0.561. The van der Waals surface area contributed by atoms with Gasteiger partial charge in [0.2, 0.25) is 0 Å². The van der Waals surface area contributed by atoms with Gasteiger partial charge in [-0.1, -0.05) is 13.8 Å². The molecule has 0 aromatic carbocycles. The summed E-state index contributed by atoms with van der Waals surface area (Å²) in [6.45, 7) is 5.88. The van der Waals surface area contributed by atoms with E-state index in [-0.39, 0.29) is 0 Å². The van der Waals surface area contributed by atoms with Gasteiger partial charge in [0.1, 0.15) is 0 Å². The molecule has 0 unspecified atom stereocenters. The monoisotopic (exact) mass is 177 g/mol. The molecule has 0 fully saturated rings. The van der Waals surface area contributed by atoms with Crippen LogP contribution >= 0.6 is 0 Å². The van der Waals surface area contributed by atoms with Crippen molar-refractivity contribution in [3.8, 4) is 0 Å². The highest BCUT2D eigenvalue weighted by Crippen LogP contribution is 1.79. The number of hydrogen-bond acceptors (Lipinski definition) is 3. The second kappa shape index (κ2) is 8.59. The van der Waals surface area contributed by atoms with Gasteiger partial charge in [-0.15, -0.1) is 0 Å². The quantitative estimate of drug-likeness (QED) is 0.610. The zero-order valence-electron chi connectivity index (χ0n) is 8.31. The summed E-state index contributed by atoms with van der Waals surface area (Å²) in [4.78, 5) is 11.9. The number of rotatable bonds is 0. The molecule has 3 heteroatoms. The van der Waals surface area contributed by atoms with Crippen LogP contribution in [-0.2, 0) is 0 Å². The van der Waals surface area contributed by atoms with Gasteiger partial charge in [-0.3, -0.25) is 15.0 Å². The van der Waals surface area contributed by atoms with Crippen LogP contribution in [0.15, 0.2) is 37.1 Å². The summed E-state index contributed by atoms with van der Waals surface area (Å²) in [5.74, 6) is 0. The van der Waals surface area contributed by atoms with Crippen molar-refractivity contribution in [1.29, 1.82) is 0 Å². The van der Waals surface area contributed by atoms with Crippen LogP contribution in [0.1, 0.15) is 19.5 Å². The third-order valence-electron chi connectivity index (χ3n) is 1.04. The maximum Gasteiger partial charge on any atom is 0.0555 e. The van der Waals surface area contributed by atoms with Gasteiger partial charge in [0, 0.05) is 31.0 Å². The highest BCUT2D eigenvalue weighted by molar-refractivity contribution is 4.87. The lowest BCUT2D eigenvalue weighted by molar-refractivity contribution is 1.15. The van der Waals surface area contributed by atoms with Crippen molar-refractivity contribution in [1.82, 2.24) is 15.0 Å². The van der Waals surface area contributed by atoms with Crippen molar-refractivity contribution in [2.24, 2.45) is 0 Å². The molecule has 0 aliphatic carbocycles. The average Bonchev–Trinajstić information content (AvgIpc) is 2.19. The van der Waals surface area contributed by atoms with Crippen molar-refractivity contribution in [2.45, 2.75) is 20.8 Å². The second-order valence-corrected chi connectivity index (χ2v) is 1.99. The minimum absolute atomic E-state index is 0.864. The van der Waals surface area contributed by atoms with Gasteiger partial charge in [-0.25, -0.2) is 0 Å². The van der Waals surface area contributed by atoms with Crippen LogP contribution < -0.4 is 0 Å². The maximum absolute atomic E-state index is 4.02. The first-order valence-electron chi connectivity index (χ1n) is 4.30. The first-order valence-corrected chi connectivity index (χ1v) is 4.30. The molecule has 0 aliphatic heterocycles. The molecule has 0 bridgehead atoms. The Morgan fingerprint density at radius 1 is 0.923 bits per heavy atom. The maximum atomic E-state index is 4.02. The first kappa shape index (κ1) is 11.5. The van der Waals surface area contributed by atoms with Crippen LogP contribution in [-0.4, -0.2) is 15.0 Å². The number of aryl methyl sites for hydroxylation is 1. The van der Waals surface area contributed by atoms with E-state index < -0.39 is 0 Å². The number of hydrogen-bond donors (Lipinski definition) is 0. The lowest BCUT2D eigenvalue weighted by Crippen LogP contribution is -1.74. The Bertz CT molecular complexity index is 248. The zero-order chi connectivity index (χ0) is 9.94. The van der Waals surface area contributed by atoms with Crippen molar-refractivity contribution in [2.75, 3.05) is 0 Å². The van der Waals surface area contributed by atoms with Crippen LogP contribution in [0, 0.1) is 6.92 Å². The topological polar surface area (TPSA) is 38.7 Å². The van der Waals surface area contributed by atoms with E-state index in [1.165, 1.54) is 0 Å². The predicted octanol–water partition coefficient (Wildman–Crippen LogP) is 2.33. The van der Waals surface area contributed by atoms with Crippen LogP contribution in [0.2, 0.25) is 0 Å². The van der Waals surface area contributed by atoms with E-state index in [9.17, 15) is 0 Å². The van der Waals surface area contributed by atoms with E-state index in [0.717, 1.165) is 5.69 Å². The molecular weight excluding hydrogens is 162 g/mol. The zero-order valence-corrected chi connectivity index (χ0v) is 8.31. The smallest absolute Gasteiger partial charge is 0.0555 e. The second-order valence-electron chi connectivity index (χ2n) is 1.99. The molecule has 1 rings (SSSR count). The Morgan fingerprint density at radius 3 is 2.38 bits per heavy atom. The van der Waals surface area contributed by atoms with Crippen molar-refractivity contribution in [3.63, 3.8) is 0 Å². The highest BCUT2D eigenvalue weighted by atomic mass is 14.7. The Hall–Kier alpha value is -1.51. The average molecular weight is 177 g/mol. The summed E-state index contributed by atoms with van der Waals surface area (Å²) in [7, 11) is 0. The van der Waals surface area contributed by atoms with E-state index >= 15 is 0 Å². The van der Waals surface area contributed by atoms with E-state index in [1.807, 2.05) is 20.8 Å². The van der Waals surface area contributed by atoms with Gasteiger partial charge in [0.25, 0.3) is 0 Å². The Balaban J connectivity index is 0.000000671. The van der Waals surface area contributed by atoms with E-state index in [4.69, 9.17) is 0 Å². The third kappa shape index (κ3) is 6.87. The Morgan fingerprint density at radius 2 is 1.62 bits per heavy atom. The molecule has 70 valence electrons. The van der Waals surface area contributed by atoms with Crippen LogP contribution in [0.4, 0.5) is 0 Å². The standard InChI is InChI=1S/C8H9N3.C2H6/c1-8-7-10-4-2-3-9-5-6-11-8;1-2/h2-7H,1H3;1-2H3. The minimum atomic E-state index is 0.864. The summed E-state index contributed by atoms with van der Waals surface area (Å²) >= 11 is 0. The van der Waals surface area contributed by atoms with E-state index in [2.05, 4.69) is 15.0 Å². The van der Waals surface area contributed by atoms with Crippen molar-refractivity contribution >= 4 is 0 Å². The van der Waals surface area contributed by atoms with Crippen molar-refractivity contribution < 1.29 is 0 Å². The molecule has 3 nitrogen and oxygen atoms in total.